The average molecular weight is 333 g/mol. The molecule has 3 rings (SSSR count). The van der Waals surface area contributed by atoms with E-state index in [2.05, 4.69) is 26.3 Å². The minimum atomic E-state index is -0.593. The van der Waals surface area contributed by atoms with E-state index in [9.17, 15) is 4.79 Å². The van der Waals surface area contributed by atoms with Crippen molar-refractivity contribution in [2.75, 3.05) is 6.61 Å². The zero-order chi connectivity index (χ0) is 17.5. The minimum Gasteiger partial charge on any atom is -0.461 e. The molecule has 7 heteroatoms. The summed E-state index contributed by atoms with van der Waals surface area (Å²) in [5, 5.41) is 7.91. The molecule has 2 aromatic carbocycles. The van der Waals surface area contributed by atoms with E-state index in [1.807, 2.05) is 60.7 Å². The molecular formula is C18H15N5O2. The first-order valence-corrected chi connectivity index (χ1v) is 7.69. The van der Waals surface area contributed by atoms with Crippen LogP contribution in [0.2, 0.25) is 0 Å². The number of benzene rings is 2. The molecule has 25 heavy (non-hydrogen) atoms. The highest BCUT2D eigenvalue weighted by Gasteiger charge is 2.21. The summed E-state index contributed by atoms with van der Waals surface area (Å²) in [6.45, 7) is 1.96. The van der Waals surface area contributed by atoms with Gasteiger partial charge in [-0.1, -0.05) is 41.6 Å². The third kappa shape index (κ3) is 3.85. The number of carbonyl (C=O) groups excluding carboxylic acids is 1. The van der Waals surface area contributed by atoms with Crippen molar-refractivity contribution in [1.82, 2.24) is 15.0 Å². The highest BCUT2D eigenvalue weighted by atomic mass is 16.5. The summed E-state index contributed by atoms with van der Waals surface area (Å²) in [4.78, 5) is 20.4. The topological polar surface area (TPSA) is 81.7 Å². The van der Waals surface area contributed by atoms with Gasteiger partial charge in [-0.2, -0.15) is 14.7 Å². The van der Waals surface area contributed by atoms with Crippen molar-refractivity contribution in [3.8, 4) is 5.69 Å². The number of carbonyl (C=O) groups is 1. The first-order valence-electron chi connectivity index (χ1n) is 7.69. The maximum Gasteiger partial charge on any atom is 0.362 e. The maximum atomic E-state index is 12.1. The summed E-state index contributed by atoms with van der Waals surface area (Å²) >= 11 is 0. The van der Waals surface area contributed by atoms with Crippen molar-refractivity contribution in [3.05, 3.63) is 66.4 Å². The zero-order valence-corrected chi connectivity index (χ0v) is 13.5. The van der Waals surface area contributed by atoms with E-state index < -0.39 is 5.97 Å². The minimum absolute atomic E-state index is 0.0152. The molecule has 0 amide bonds. The Labute approximate surface area is 144 Å². The second kappa shape index (κ2) is 7.81. The lowest BCUT2D eigenvalue weighted by molar-refractivity contribution is 0.0520. The normalized spacial score (nSPS) is 9.96. The number of aliphatic imine (C=N–C) groups is 2. The van der Waals surface area contributed by atoms with Gasteiger partial charge in [0.15, 0.2) is 0 Å². The number of rotatable bonds is 5. The number of hydrogen-bond acceptors (Lipinski definition) is 6. The Morgan fingerprint density at radius 1 is 1.08 bits per heavy atom. The first kappa shape index (κ1) is 16.3. The third-order valence-electron chi connectivity index (χ3n) is 3.21. The second-order valence-electron chi connectivity index (χ2n) is 4.89. The zero-order valence-electron chi connectivity index (χ0n) is 13.5. The van der Waals surface area contributed by atoms with Crippen LogP contribution < -0.4 is 0 Å². The summed E-state index contributed by atoms with van der Waals surface area (Å²) in [7, 11) is 0. The van der Waals surface area contributed by atoms with E-state index in [1.165, 1.54) is 4.68 Å². The van der Waals surface area contributed by atoms with E-state index in [0.29, 0.717) is 11.4 Å². The number of para-hydroxylation sites is 2. The predicted octanol–water partition coefficient (Wildman–Crippen LogP) is 3.58. The fourth-order valence-electron chi connectivity index (χ4n) is 2.08. The summed E-state index contributed by atoms with van der Waals surface area (Å²) in [6.07, 6.45) is 0. The SMILES string of the molecule is CCOC(=O)c1nnn(-c2ccccc2)c1N=C=Nc1ccccc1. The Balaban J connectivity index is 2.04. The monoisotopic (exact) mass is 333 g/mol. The number of nitrogens with zero attached hydrogens (tertiary/aromatic N) is 5. The van der Waals surface area contributed by atoms with E-state index >= 15 is 0 Å². The fourth-order valence-corrected chi connectivity index (χ4v) is 2.08. The van der Waals surface area contributed by atoms with E-state index in [4.69, 9.17) is 4.74 Å². The number of hydrogen-bond donors (Lipinski definition) is 0. The second-order valence-corrected chi connectivity index (χ2v) is 4.89. The lowest BCUT2D eigenvalue weighted by Gasteiger charge is -2.02. The van der Waals surface area contributed by atoms with Crippen LogP contribution in [0.3, 0.4) is 0 Å². The molecule has 0 saturated carbocycles. The van der Waals surface area contributed by atoms with E-state index in [1.54, 1.807) is 6.92 Å². The predicted molar refractivity (Wildman–Crippen MR) is 92.9 cm³/mol. The van der Waals surface area contributed by atoms with Gasteiger partial charge in [0.1, 0.15) is 6.01 Å². The van der Waals surface area contributed by atoms with Crippen LogP contribution in [-0.2, 0) is 4.74 Å². The number of ether oxygens (including phenoxy) is 1. The number of aromatic nitrogens is 3. The van der Waals surface area contributed by atoms with Crippen molar-refractivity contribution >= 4 is 23.5 Å². The van der Waals surface area contributed by atoms with Gasteiger partial charge in [0.25, 0.3) is 0 Å². The van der Waals surface area contributed by atoms with Gasteiger partial charge < -0.3 is 4.74 Å². The molecule has 3 aromatic rings. The van der Waals surface area contributed by atoms with Crippen molar-refractivity contribution in [1.29, 1.82) is 0 Å². The van der Waals surface area contributed by atoms with Gasteiger partial charge in [-0.05, 0) is 31.2 Å². The standard InChI is InChI=1S/C18H15N5O2/c1-2-25-18(24)16-17(20-13-19-14-9-5-3-6-10-14)23(22-21-16)15-11-7-4-8-12-15/h3-12H,2H2,1H3. The van der Waals surface area contributed by atoms with Gasteiger partial charge in [0.05, 0.1) is 18.0 Å². The van der Waals surface area contributed by atoms with Gasteiger partial charge >= 0.3 is 5.97 Å². The van der Waals surface area contributed by atoms with Gasteiger partial charge in [-0.3, -0.25) is 0 Å². The fraction of sp³-hybridized carbons (Fsp3) is 0.111. The van der Waals surface area contributed by atoms with Crippen molar-refractivity contribution in [3.63, 3.8) is 0 Å². The lowest BCUT2D eigenvalue weighted by atomic mass is 10.3. The van der Waals surface area contributed by atoms with Crippen LogP contribution in [0.25, 0.3) is 5.69 Å². The maximum absolute atomic E-state index is 12.1. The average Bonchev–Trinajstić information content (AvgIpc) is 3.07. The molecule has 0 N–H and O–H groups in total. The van der Waals surface area contributed by atoms with Crippen LogP contribution in [0.4, 0.5) is 11.5 Å². The first-order chi connectivity index (χ1) is 12.3. The lowest BCUT2D eigenvalue weighted by Crippen LogP contribution is -2.05. The summed E-state index contributed by atoms with van der Waals surface area (Å²) < 4.78 is 6.45. The molecule has 1 aromatic heterocycles. The van der Waals surface area contributed by atoms with Crippen LogP contribution in [0.1, 0.15) is 17.4 Å². The molecule has 0 spiro atoms. The van der Waals surface area contributed by atoms with Crippen LogP contribution >= 0.6 is 0 Å². The Morgan fingerprint density at radius 2 is 1.76 bits per heavy atom. The molecular weight excluding hydrogens is 318 g/mol. The molecule has 7 nitrogen and oxygen atoms in total. The summed E-state index contributed by atoms with van der Waals surface area (Å²) in [5.74, 6) is -0.380. The molecule has 124 valence electrons. The molecule has 0 atom stereocenters. The molecule has 0 radical (unpaired) electrons. The van der Waals surface area contributed by atoms with Gasteiger partial charge in [0.2, 0.25) is 11.5 Å². The van der Waals surface area contributed by atoms with E-state index in [0.717, 1.165) is 0 Å². The molecule has 0 aliphatic heterocycles. The Bertz CT molecular complexity index is 913. The van der Waals surface area contributed by atoms with Crippen LogP contribution in [0.15, 0.2) is 70.6 Å². The molecule has 0 unspecified atom stereocenters. The Hall–Kier alpha value is -3.57. The van der Waals surface area contributed by atoms with Gasteiger partial charge in [-0.15, -0.1) is 5.10 Å². The van der Waals surface area contributed by atoms with E-state index in [-0.39, 0.29) is 18.1 Å². The largest absolute Gasteiger partial charge is 0.461 e. The highest BCUT2D eigenvalue weighted by Crippen LogP contribution is 2.21. The Kier molecular flexibility index (Phi) is 5.09. The summed E-state index contributed by atoms with van der Waals surface area (Å²) in [5.41, 5.74) is 1.43. The summed E-state index contributed by atoms with van der Waals surface area (Å²) in [6, 6.07) is 21.1. The molecule has 0 aliphatic rings. The molecule has 0 aliphatic carbocycles. The van der Waals surface area contributed by atoms with Crippen LogP contribution in [0.5, 0.6) is 0 Å². The third-order valence-corrected chi connectivity index (χ3v) is 3.21. The van der Waals surface area contributed by atoms with Crippen LogP contribution in [-0.4, -0.2) is 33.6 Å². The number of esters is 1. The molecule has 0 bridgehead atoms. The van der Waals surface area contributed by atoms with Crippen molar-refractivity contribution in [2.45, 2.75) is 6.92 Å². The van der Waals surface area contributed by atoms with Crippen LogP contribution in [0, 0.1) is 0 Å². The molecule has 1 heterocycles. The molecule has 0 fully saturated rings. The van der Waals surface area contributed by atoms with Crippen molar-refractivity contribution in [2.24, 2.45) is 9.98 Å². The quantitative estimate of drug-likeness (QED) is 0.528. The highest BCUT2D eigenvalue weighted by molar-refractivity contribution is 5.92. The Morgan fingerprint density at radius 3 is 2.44 bits per heavy atom. The van der Waals surface area contributed by atoms with Crippen molar-refractivity contribution < 1.29 is 9.53 Å². The smallest absolute Gasteiger partial charge is 0.362 e. The van der Waals surface area contributed by atoms with Gasteiger partial charge in [-0.25, -0.2) is 4.79 Å². The van der Waals surface area contributed by atoms with Gasteiger partial charge in [0, 0.05) is 0 Å². The molecule has 0 saturated heterocycles.